The van der Waals surface area contributed by atoms with Crippen LogP contribution in [0.5, 0.6) is 11.5 Å². The lowest BCUT2D eigenvalue weighted by Crippen LogP contribution is -2.24. The van der Waals surface area contributed by atoms with Gasteiger partial charge in [0.1, 0.15) is 11.5 Å². The van der Waals surface area contributed by atoms with E-state index >= 15 is 0 Å². The van der Waals surface area contributed by atoms with Crippen LogP contribution in [0.15, 0.2) is 18.2 Å². The van der Waals surface area contributed by atoms with Gasteiger partial charge in [0.15, 0.2) is 0 Å². The van der Waals surface area contributed by atoms with Gasteiger partial charge in [-0.25, -0.2) is 8.78 Å². The van der Waals surface area contributed by atoms with Gasteiger partial charge in [-0.3, -0.25) is 0 Å². The molecule has 0 radical (unpaired) electrons. The summed E-state index contributed by atoms with van der Waals surface area (Å²) in [5.74, 6) is -0.214. The first-order chi connectivity index (χ1) is 7.02. The van der Waals surface area contributed by atoms with Gasteiger partial charge in [-0.05, 0) is 19.1 Å². The van der Waals surface area contributed by atoms with Gasteiger partial charge in [-0.15, -0.1) is 0 Å². The topological polar surface area (TPSA) is 52.5 Å². The van der Waals surface area contributed by atoms with Crippen LogP contribution in [0.3, 0.4) is 0 Å². The summed E-state index contributed by atoms with van der Waals surface area (Å²) in [7, 11) is 0. The van der Waals surface area contributed by atoms with Gasteiger partial charge in [-0.2, -0.15) is 0 Å². The summed E-state index contributed by atoms with van der Waals surface area (Å²) in [6.45, 7) is 1.12. The monoisotopic (exact) mass is 217 g/mol. The molecule has 0 aliphatic rings. The minimum atomic E-state index is -2.46. The highest BCUT2D eigenvalue weighted by Gasteiger charge is 2.15. The molecule has 1 atom stereocenters. The maximum atomic E-state index is 11.9. The van der Waals surface area contributed by atoms with Crippen molar-refractivity contribution in [1.29, 1.82) is 0 Å². The molecule has 1 rings (SSSR count). The van der Waals surface area contributed by atoms with Crippen molar-refractivity contribution < 1.29 is 19.0 Å². The van der Waals surface area contributed by atoms with Gasteiger partial charge in [-0.1, -0.05) is 6.07 Å². The molecule has 1 aromatic carbocycles. The van der Waals surface area contributed by atoms with Crippen LogP contribution in [-0.4, -0.2) is 23.2 Å². The standard InChI is InChI=1S/C10H13F2NO2/c1-6(13-5-9(11)12)10-7(14)3-2-4-8(10)15/h2-4,6,9,13-15H,5H2,1H3. The summed E-state index contributed by atoms with van der Waals surface area (Å²) in [6.07, 6.45) is -2.46. The van der Waals surface area contributed by atoms with Crippen molar-refractivity contribution in [3.63, 3.8) is 0 Å². The Morgan fingerprint density at radius 2 is 1.80 bits per heavy atom. The fraction of sp³-hybridized carbons (Fsp3) is 0.400. The molecule has 1 unspecified atom stereocenters. The number of halogens is 2. The average Bonchev–Trinajstić information content (AvgIpc) is 2.14. The summed E-state index contributed by atoms with van der Waals surface area (Å²) in [6, 6.07) is 3.75. The number of hydrogen-bond acceptors (Lipinski definition) is 3. The zero-order valence-corrected chi connectivity index (χ0v) is 8.24. The normalized spacial score (nSPS) is 13.1. The van der Waals surface area contributed by atoms with Crippen LogP contribution in [0.25, 0.3) is 0 Å². The highest BCUT2D eigenvalue weighted by atomic mass is 19.3. The molecule has 0 saturated heterocycles. The van der Waals surface area contributed by atoms with E-state index in [9.17, 15) is 19.0 Å². The lowest BCUT2D eigenvalue weighted by Gasteiger charge is -2.16. The third-order valence-corrected chi connectivity index (χ3v) is 2.07. The number of phenols is 2. The van der Waals surface area contributed by atoms with E-state index < -0.39 is 19.0 Å². The minimum Gasteiger partial charge on any atom is -0.507 e. The number of rotatable bonds is 4. The Balaban J connectivity index is 2.77. The van der Waals surface area contributed by atoms with Gasteiger partial charge < -0.3 is 15.5 Å². The van der Waals surface area contributed by atoms with Gasteiger partial charge in [0.25, 0.3) is 6.43 Å². The molecule has 0 saturated carbocycles. The number of nitrogens with one attached hydrogen (secondary N) is 1. The van der Waals surface area contributed by atoms with Gasteiger partial charge in [0, 0.05) is 6.04 Å². The largest absolute Gasteiger partial charge is 0.507 e. The first kappa shape index (κ1) is 11.7. The molecule has 3 nitrogen and oxygen atoms in total. The van der Waals surface area contributed by atoms with E-state index in [-0.39, 0.29) is 17.1 Å². The van der Waals surface area contributed by atoms with Crippen molar-refractivity contribution in [2.24, 2.45) is 0 Å². The van der Waals surface area contributed by atoms with E-state index in [1.54, 1.807) is 6.92 Å². The van der Waals surface area contributed by atoms with Crippen LogP contribution < -0.4 is 5.32 Å². The first-order valence-electron chi connectivity index (χ1n) is 4.54. The van der Waals surface area contributed by atoms with Crippen LogP contribution in [-0.2, 0) is 0 Å². The van der Waals surface area contributed by atoms with Crippen molar-refractivity contribution >= 4 is 0 Å². The van der Waals surface area contributed by atoms with Crippen molar-refractivity contribution in [3.05, 3.63) is 23.8 Å². The van der Waals surface area contributed by atoms with Crippen LogP contribution >= 0.6 is 0 Å². The molecule has 15 heavy (non-hydrogen) atoms. The van der Waals surface area contributed by atoms with Gasteiger partial charge in [0.2, 0.25) is 0 Å². The fourth-order valence-corrected chi connectivity index (χ4v) is 1.35. The minimum absolute atomic E-state index is 0.107. The maximum absolute atomic E-state index is 11.9. The second kappa shape index (κ2) is 4.93. The van der Waals surface area contributed by atoms with Gasteiger partial charge in [0.05, 0.1) is 12.1 Å². The zero-order valence-electron chi connectivity index (χ0n) is 8.24. The summed E-state index contributed by atoms with van der Waals surface area (Å²) in [4.78, 5) is 0. The molecule has 84 valence electrons. The van der Waals surface area contributed by atoms with E-state index in [1.807, 2.05) is 0 Å². The van der Waals surface area contributed by atoms with Crippen LogP contribution in [0.4, 0.5) is 8.78 Å². The quantitative estimate of drug-likeness (QED) is 0.723. The molecule has 0 aliphatic carbocycles. The molecule has 0 aromatic heterocycles. The number of hydrogen-bond donors (Lipinski definition) is 3. The first-order valence-corrected chi connectivity index (χ1v) is 4.54. The van der Waals surface area contributed by atoms with E-state index in [0.29, 0.717) is 0 Å². The summed E-state index contributed by atoms with van der Waals surface area (Å²) in [5, 5.41) is 21.4. The second-order valence-electron chi connectivity index (χ2n) is 3.23. The van der Waals surface area contributed by atoms with E-state index in [0.717, 1.165) is 0 Å². The lowest BCUT2D eigenvalue weighted by atomic mass is 10.1. The molecule has 5 heteroatoms. The molecule has 0 fully saturated rings. The highest BCUT2D eigenvalue weighted by molar-refractivity contribution is 5.44. The van der Waals surface area contributed by atoms with Crippen molar-refractivity contribution in [2.45, 2.75) is 19.4 Å². The summed E-state index contributed by atoms with van der Waals surface area (Å²) < 4.78 is 23.8. The molecule has 1 aromatic rings. The van der Waals surface area contributed by atoms with Crippen molar-refractivity contribution in [1.82, 2.24) is 5.32 Å². The highest BCUT2D eigenvalue weighted by Crippen LogP contribution is 2.31. The Bertz CT molecular complexity index is 311. The Morgan fingerprint density at radius 3 is 2.27 bits per heavy atom. The van der Waals surface area contributed by atoms with E-state index in [2.05, 4.69) is 5.32 Å². The second-order valence-corrected chi connectivity index (χ2v) is 3.23. The average molecular weight is 217 g/mol. The molecular weight excluding hydrogens is 204 g/mol. The molecule has 0 aliphatic heterocycles. The Kier molecular flexibility index (Phi) is 3.85. The van der Waals surface area contributed by atoms with E-state index in [1.165, 1.54) is 18.2 Å². The molecule has 0 amide bonds. The maximum Gasteiger partial charge on any atom is 0.250 e. The van der Waals surface area contributed by atoms with Gasteiger partial charge >= 0.3 is 0 Å². The Morgan fingerprint density at radius 1 is 1.27 bits per heavy atom. The van der Waals surface area contributed by atoms with Crippen LogP contribution in [0, 0.1) is 0 Å². The molecule has 0 bridgehead atoms. The third-order valence-electron chi connectivity index (χ3n) is 2.07. The molecule has 3 N–H and O–H groups in total. The molecule has 0 spiro atoms. The number of alkyl halides is 2. The predicted molar refractivity (Wildman–Crippen MR) is 52.2 cm³/mol. The lowest BCUT2D eigenvalue weighted by molar-refractivity contribution is 0.142. The Labute approximate surface area is 86.4 Å². The van der Waals surface area contributed by atoms with E-state index in [4.69, 9.17) is 0 Å². The third kappa shape index (κ3) is 3.06. The smallest absolute Gasteiger partial charge is 0.250 e. The van der Waals surface area contributed by atoms with Crippen molar-refractivity contribution in [3.8, 4) is 11.5 Å². The molecular formula is C10H13F2NO2. The number of aromatic hydroxyl groups is 2. The summed E-state index contributed by atoms with van der Waals surface area (Å²) >= 11 is 0. The Hall–Kier alpha value is -1.36. The van der Waals surface area contributed by atoms with Crippen LogP contribution in [0.2, 0.25) is 0 Å². The summed E-state index contributed by atoms with van der Waals surface area (Å²) in [5.41, 5.74) is 0.234. The number of benzene rings is 1. The molecule has 0 heterocycles. The van der Waals surface area contributed by atoms with Crippen LogP contribution in [0.1, 0.15) is 18.5 Å². The van der Waals surface area contributed by atoms with Crippen molar-refractivity contribution in [2.75, 3.05) is 6.54 Å². The SMILES string of the molecule is CC(NCC(F)F)c1c(O)cccc1O. The predicted octanol–water partition coefficient (Wildman–Crippen LogP) is 2.01. The number of phenolic OH excluding ortho intramolecular Hbond substituents is 2. The fourth-order valence-electron chi connectivity index (χ4n) is 1.35. The zero-order chi connectivity index (χ0) is 11.4.